The van der Waals surface area contributed by atoms with Crippen LogP contribution in [0.15, 0.2) is 42.5 Å². The van der Waals surface area contributed by atoms with E-state index in [1.807, 2.05) is 61.9 Å². The third kappa shape index (κ3) is 4.06. The number of ether oxygens (including phenoxy) is 2. The van der Waals surface area contributed by atoms with E-state index in [2.05, 4.69) is 17.3 Å². The van der Waals surface area contributed by atoms with Gasteiger partial charge in [-0.05, 0) is 56.2 Å². The second kappa shape index (κ2) is 9.01. The second-order valence-electron chi connectivity index (χ2n) is 7.65. The number of aryl methyl sites for hydroxylation is 2. The average Bonchev–Trinajstić information content (AvgIpc) is 3.03. The average molecular weight is 448 g/mol. The van der Waals surface area contributed by atoms with Gasteiger partial charge < -0.3 is 14.8 Å². The topological polar surface area (TPSA) is 65.4 Å². The number of rotatable bonds is 5. The summed E-state index contributed by atoms with van der Waals surface area (Å²) in [6.07, 6.45) is 5.32. The lowest BCUT2D eigenvalue weighted by Gasteiger charge is -2.19. The van der Waals surface area contributed by atoms with E-state index < -0.39 is 0 Å². The Balaban J connectivity index is 1.85. The minimum atomic E-state index is -0.249. The number of fused-ring (bicyclic) bond motifs is 1. The molecule has 2 heterocycles. The van der Waals surface area contributed by atoms with Crippen LogP contribution in [0.2, 0.25) is 0 Å². The Labute approximate surface area is 192 Å². The van der Waals surface area contributed by atoms with Crippen LogP contribution >= 0.6 is 11.8 Å². The highest BCUT2D eigenvalue weighted by Gasteiger charge is 2.34. The summed E-state index contributed by atoms with van der Waals surface area (Å²) in [5.74, 6) is 4.30. The fourth-order valence-corrected chi connectivity index (χ4v) is 5.12. The number of thioether (sulfide) groups is 1. The fourth-order valence-electron chi connectivity index (χ4n) is 3.80. The Morgan fingerprint density at radius 1 is 1.22 bits per heavy atom. The van der Waals surface area contributed by atoms with E-state index >= 15 is 0 Å². The van der Waals surface area contributed by atoms with E-state index in [4.69, 9.17) is 21.0 Å². The minimum Gasteiger partial charge on any atom is -0.493 e. The van der Waals surface area contributed by atoms with Crippen molar-refractivity contribution < 1.29 is 14.3 Å². The molecule has 1 aliphatic heterocycles. The molecule has 4 rings (SSSR count). The van der Waals surface area contributed by atoms with Crippen molar-refractivity contribution in [2.24, 2.45) is 0 Å². The van der Waals surface area contributed by atoms with Crippen LogP contribution in [-0.2, 0) is 4.79 Å². The summed E-state index contributed by atoms with van der Waals surface area (Å²) in [5.41, 5.74) is 4.87. The first-order chi connectivity index (χ1) is 15.4. The molecule has 2 atom stereocenters. The first-order valence-electron chi connectivity index (χ1n) is 10.3. The molecule has 7 heteroatoms. The standard InChI is InChI=1S/C25H25N3O3S/c1-6-12-31-20-11-10-18(14-21(20)30-5)23-22-16(3)27-28(19-9-7-8-15(2)13-19)24(22)26-25(29)17(4)32-23/h1,7-11,13-14,17,23H,12H2,2-5H3,(H,26,29)/t17-,23-/m0/s1. The lowest BCUT2D eigenvalue weighted by Crippen LogP contribution is -2.22. The maximum atomic E-state index is 12.9. The van der Waals surface area contributed by atoms with Crippen molar-refractivity contribution in [2.75, 3.05) is 19.0 Å². The maximum Gasteiger partial charge on any atom is 0.238 e. The molecule has 0 spiro atoms. The molecule has 0 saturated carbocycles. The van der Waals surface area contributed by atoms with Gasteiger partial charge in [-0.25, -0.2) is 4.68 Å². The van der Waals surface area contributed by atoms with Gasteiger partial charge in [0.15, 0.2) is 11.5 Å². The van der Waals surface area contributed by atoms with Gasteiger partial charge in [-0.2, -0.15) is 5.10 Å². The molecule has 1 N–H and O–H groups in total. The number of amides is 1. The van der Waals surface area contributed by atoms with Gasteiger partial charge in [-0.3, -0.25) is 4.79 Å². The lowest BCUT2D eigenvalue weighted by molar-refractivity contribution is -0.115. The molecule has 1 aromatic heterocycles. The Kier molecular flexibility index (Phi) is 6.15. The number of nitrogens with one attached hydrogen (secondary N) is 1. The van der Waals surface area contributed by atoms with E-state index in [1.54, 1.807) is 18.9 Å². The number of nitrogens with zero attached hydrogens (tertiary/aromatic N) is 2. The molecule has 0 bridgehead atoms. The highest BCUT2D eigenvalue weighted by Crippen LogP contribution is 2.47. The van der Waals surface area contributed by atoms with Crippen molar-refractivity contribution in [1.82, 2.24) is 9.78 Å². The van der Waals surface area contributed by atoms with Crippen molar-refractivity contribution in [3.63, 3.8) is 0 Å². The zero-order valence-corrected chi connectivity index (χ0v) is 19.3. The summed E-state index contributed by atoms with van der Waals surface area (Å²) in [7, 11) is 1.60. The number of anilines is 1. The van der Waals surface area contributed by atoms with E-state index in [-0.39, 0.29) is 23.0 Å². The summed E-state index contributed by atoms with van der Waals surface area (Å²) in [6.45, 7) is 6.09. The molecule has 1 amide bonds. The van der Waals surface area contributed by atoms with Gasteiger partial charge in [0.05, 0.1) is 29.0 Å². The predicted octanol–water partition coefficient (Wildman–Crippen LogP) is 4.67. The highest BCUT2D eigenvalue weighted by molar-refractivity contribution is 8.01. The van der Waals surface area contributed by atoms with Gasteiger partial charge in [0.2, 0.25) is 5.91 Å². The summed E-state index contributed by atoms with van der Waals surface area (Å²) < 4.78 is 13.0. The summed E-state index contributed by atoms with van der Waals surface area (Å²) in [6, 6.07) is 13.9. The van der Waals surface area contributed by atoms with Crippen LogP contribution in [0, 0.1) is 26.2 Å². The molecule has 0 fully saturated rings. The number of carbonyl (C=O) groups is 1. The zero-order chi connectivity index (χ0) is 22.8. The molecule has 32 heavy (non-hydrogen) atoms. The fraction of sp³-hybridized carbons (Fsp3) is 0.280. The van der Waals surface area contributed by atoms with E-state index in [0.29, 0.717) is 17.3 Å². The van der Waals surface area contributed by atoms with Crippen LogP contribution in [0.5, 0.6) is 11.5 Å². The number of benzene rings is 2. The smallest absolute Gasteiger partial charge is 0.238 e. The van der Waals surface area contributed by atoms with E-state index in [9.17, 15) is 4.79 Å². The molecule has 0 saturated heterocycles. The van der Waals surface area contributed by atoms with Crippen molar-refractivity contribution in [3.05, 3.63) is 64.8 Å². The Bertz CT molecular complexity index is 1210. The van der Waals surface area contributed by atoms with Crippen LogP contribution in [0.25, 0.3) is 5.69 Å². The second-order valence-corrected chi connectivity index (χ2v) is 9.10. The molecular formula is C25H25N3O3S. The number of aromatic nitrogens is 2. The quantitative estimate of drug-likeness (QED) is 0.576. The Hall–Kier alpha value is -3.37. The molecule has 6 nitrogen and oxygen atoms in total. The molecule has 3 aromatic rings. The first-order valence-corrected chi connectivity index (χ1v) is 11.2. The van der Waals surface area contributed by atoms with Crippen LogP contribution in [0.4, 0.5) is 5.82 Å². The van der Waals surface area contributed by atoms with Gasteiger partial charge in [0, 0.05) is 5.56 Å². The van der Waals surface area contributed by atoms with Gasteiger partial charge in [-0.1, -0.05) is 24.1 Å². The van der Waals surface area contributed by atoms with Gasteiger partial charge >= 0.3 is 0 Å². The van der Waals surface area contributed by atoms with E-state index in [0.717, 1.165) is 28.1 Å². The van der Waals surface area contributed by atoms with E-state index in [1.165, 1.54) is 0 Å². The first kappa shape index (κ1) is 21.8. The van der Waals surface area contributed by atoms with Crippen molar-refractivity contribution in [1.29, 1.82) is 0 Å². The molecule has 0 radical (unpaired) electrons. The van der Waals surface area contributed by atoms with Gasteiger partial charge in [0.25, 0.3) is 0 Å². The third-order valence-electron chi connectivity index (χ3n) is 5.37. The molecule has 0 unspecified atom stereocenters. The zero-order valence-electron chi connectivity index (χ0n) is 18.5. The highest BCUT2D eigenvalue weighted by atomic mass is 32.2. The monoisotopic (exact) mass is 447 g/mol. The molecule has 0 aliphatic carbocycles. The van der Waals surface area contributed by atoms with Crippen LogP contribution < -0.4 is 14.8 Å². The number of carbonyl (C=O) groups excluding carboxylic acids is 1. The molecule has 1 aliphatic rings. The number of methoxy groups -OCH3 is 1. The lowest BCUT2D eigenvalue weighted by atomic mass is 10.0. The number of hydrogen-bond acceptors (Lipinski definition) is 5. The third-order valence-corrected chi connectivity index (χ3v) is 6.77. The minimum absolute atomic E-state index is 0.0477. The molecular weight excluding hydrogens is 422 g/mol. The van der Waals surface area contributed by atoms with Crippen LogP contribution in [0.1, 0.15) is 34.6 Å². The number of terminal acetylenes is 1. The van der Waals surface area contributed by atoms with Crippen molar-refractivity contribution in [2.45, 2.75) is 31.3 Å². The van der Waals surface area contributed by atoms with Gasteiger partial charge in [-0.15, -0.1) is 18.2 Å². The molecule has 164 valence electrons. The maximum absolute atomic E-state index is 12.9. The SMILES string of the molecule is C#CCOc1ccc([C@@H]2S[C@@H](C)C(=O)Nc3c2c(C)nn3-c2cccc(C)c2)cc1OC. The Morgan fingerprint density at radius 2 is 2.03 bits per heavy atom. The van der Waals surface area contributed by atoms with Crippen LogP contribution in [-0.4, -0.2) is 34.7 Å². The predicted molar refractivity (Wildman–Crippen MR) is 128 cm³/mol. The Morgan fingerprint density at radius 3 is 2.75 bits per heavy atom. The van der Waals surface area contributed by atoms with Crippen LogP contribution in [0.3, 0.4) is 0 Å². The largest absolute Gasteiger partial charge is 0.493 e. The summed E-state index contributed by atoms with van der Waals surface area (Å²) in [4.78, 5) is 12.9. The normalized spacial score (nSPS) is 17.7. The van der Waals surface area contributed by atoms with Gasteiger partial charge in [0.1, 0.15) is 12.4 Å². The van der Waals surface area contributed by atoms with Crippen molar-refractivity contribution in [3.8, 4) is 29.5 Å². The number of hydrogen-bond donors (Lipinski definition) is 1. The summed E-state index contributed by atoms with van der Waals surface area (Å²) >= 11 is 1.59. The summed E-state index contributed by atoms with van der Waals surface area (Å²) in [5, 5.41) is 7.53. The molecule has 2 aromatic carbocycles. The van der Waals surface area contributed by atoms with Crippen molar-refractivity contribution >= 4 is 23.5 Å².